The maximum atomic E-state index is 11.8. The highest BCUT2D eigenvalue weighted by Crippen LogP contribution is 2.38. The van der Waals surface area contributed by atoms with E-state index in [2.05, 4.69) is 33.0 Å². The van der Waals surface area contributed by atoms with Crippen molar-refractivity contribution in [1.29, 1.82) is 0 Å². The van der Waals surface area contributed by atoms with Gasteiger partial charge in [-0.2, -0.15) is 0 Å². The first-order valence-corrected chi connectivity index (χ1v) is 8.44. The molecular weight excluding hydrogens is 281 g/mol. The summed E-state index contributed by atoms with van der Waals surface area (Å²) >= 11 is 0. The summed E-state index contributed by atoms with van der Waals surface area (Å²) in [7, 11) is 1.32. The minimum atomic E-state index is -0.265. The summed E-state index contributed by atoms with van der Waals surface area (Å²) in [6.45, 7) is 9.20. The van der Waals surface area contributed by atoms with Crippen molar-refractivity contribution in [2.24, 2.45) is 5.92 Å². The number of ether oxygens (including phenoxy) is 1. The predicted octanol–water partition coefficient (Wildman–Crippen LogP) is 2.40. The number of hydrogen-bond acceptors (Lipinski definition) is 5. The Morgan fingerprint density at radius 3 is 2.50 bits per heavy atom. The number of esters is 1. The van der Waals surface area contributed by atoms with E-state index < -0.39 is 0 Å². The Morgan fingerprint density at radius 1 is 1.27 bits per heavy atom. The first-order chi connectivity index (χ1) is 10.3. The van der Waals surface area contributed by atoms with Gasteiger partial charge in [0.05, 0.1) is 18.3 Å². The van der Waals surface area contributed by atoms with Crippen molar-refractivity contribution in [3.63, 3.8) is 0 Å². The number of carbonyl (C=O) groups excluding carboxylic acids is 1. The third-order valence-electron chi connectivity index (χ3n) is 5.36. The third-order valence-corrected chi connectivity index (χ3v) is 5.36. The van der Waals surface area contributed by atoms with Crippen LogP contribution in [0.4, 0.5) is 0 Å². The van der Waals surface area contributed by atoms with Crippen molar-refractivity contribution in [3.8, 4) is 0 Å². The molecule has 6 heteroatoms. The number of methoxy groups -OCH3 is 1. The van der Waals surface area contributed by atoms with Gasteiger partial charge in [-0.05, 0) is 65.7 Å². The van der Waals surface area contributed by atoms with Gasteiger partial charge in [-0.3, -0.25) is 4.79 Å². The summed E-state index contributed by atoms with van der Waals surface area (Å²) in [6, 6.07) is -0.156. The summed E-state index contributed by atoms with van der Waals surface area (Å²) in [4.78, 5) is 11.8. The number of hydrogen-bond donors (Lipinski definition) is 1. The minimum absolute atomic E-state index is 0.139. The molecule has 2 atom stereocenters. The van der Waals surface area contributed by atoms with Crippen molar-refractivity contribution in [1.82, 2.24) is 5.32 Å². The Morgan fingerprint density at radius 2 is 1.91 bits per heavy atom. The van der Waals surface area contributed by atoms with E-state index in [4.69, 9.17) is 14.0 Å². The minimum Gasteiger partial charge on any atom is -0.468 e. The molecule has 126 valence electrons. The van der Waals surface area contributed by atoms with E-state index in [9.17, 15) is 4.79 Å². The van der Waals surface area contributed by atoms with Crippen molar-refractivity contribution >= 4 is 13.1 Å². The number of nitrogens with one attached hydrogen (secondary N) is 1. The molecule has 0 aromatic heterocycles. The van der Waals surface area contributed by atoms with Gasteiger partial charge in [0.25, 0.3) is 0 Å². The molecule has 22 heavy (non-hydrogen) atoms. The largest absolute Gasteiger partial charge is 0.468 e. The zero-order chi connectivity index (χ0) is 16.4. The molecule has 2 unspecified atom stereocenters. The van der Waals surface area contributed by atoms with Crippen LogP contribution in [-0.4, -0.2) is 44.0 Å². The first-order valence-electron chi connectivity index (χ1n) is 8.44. The van der Waals surface area contributed by atoms with E-state index in [0.717, 1.165) is 38.5 Å². The van der Waals surface area contributed by atoms with E-state index >= 15 is 0 Å². The first kappa shape index (κ1) is 17.8. The SMILES string of the molecule is COC(=O)C1NCCCC1CCCB1OC(C)(C)C(C)(C)O1. The highest BCUT2D eigenvalue weighted by Gasteiger charge is 2.50. The van der Waals surface area contributed by atoms with E-state index in [1.54, 1.807) is 0 Å². The molecule has 0 aliphatic carbocycles. The van der Waals surface area contributed by atoms with Gasteiger partial charge in [-0.25, -0.2) is 0 Å². The lowest BCUT2D eigenvalue weighted by molar-refractivity contribution is -0.145. The fraction of sp³-hybridized carbons (Fsp3) is 0.938. The Balaban J connectivity index is 1.79. The maximum Gasteiger partial charge on any atom is 0.457 e. The quantitative estimate of drug-likeness (QED) is 0.624. The topological polar surface area (TPSA) is 56.8 Å². The Bertz CT molecular complexity index is 384. The van der Waals surface area contributed by atoms with E-state index in [1.165, 1.54) is 7.11 Å². The van der Waals surface area contributed by atoms with Gasteiger partial charge in [0.2, 0.25) is 0 Å². The lowest BCUT2D eigenvalue weighted by atomic mass is 9.78. The van der Waals surface area contributed by atoms with E-state index in [-0.39, 0.29) is 30.3 Å². The number of piperidine rings is 1. The van der Waals surface area contributed by atoms with Crippen LogP contribution in [0.1, 0.15) is 53.4 Å². The van der Waals surface area contributed by atoms with Gasteiger partial charge < -0.3 is 19.4 Å². The van der Waals surface area contributed by atoms with Gasteiger partial charge in [0.1, 0.15) is 6.04 Å². The predicted molar refractivity (Wildman–Crippen MR) is 86.7 cm³/mol. The second-order valence-corrected chi connectivity index (χ2v) is 7.47. The summed E-state index contributed by atoms with van der Waals surface area (Å²) in [6.07, 6.45) is 5.07. The molecule has 1 N–H and O–H groups in total. The summed E-state index contributed by atoms with van der Waals surface area (Å²) in [5.74, 6) is 0.212. The maximum absolute atomic E-state index is 11.8. The smallest absolute Gasteiger partial charge is 0.457 e. The van der Waals surface area contributed by atoms with Gasteiger partial charge in [-0.1, -0.05) is 6.42 Å². The molecule has 2 aliphatic heterocycles. The van der Waals surface area contributed by atoms with Gasteiger partial charge in [0, 0.05) is 0 Å². The molecule has 2 heterocycles. The molecule has 0 bridgehead atoms. The van der Waals surface area contributed by atoms with Crippen LogP contribution in [0.15, 0.2) is 0 Å². The molecule has 0 spiro atoms. The molecule has 2 saturated heterocycles. The van der Waals surface area contributed by atoms with Crippen LogP contribution in [-0.2, 0) is 18.8 Å². The average molecular weight is 311 g/mol. The molecule has 5 nitrogen and oxygen atoms in total. The van der Waals surface area contributed by atoms with Gasteiger partial charge in [-0.15, -0.1) is 0 Å². The highest BCUT2D eigenvalue weighted by molar-refractivity contribution is 6.45. The molecule has 0 aromatic rings. The van der Waals surface area contributed by atoms with Crippen molar-refractivity contribution < 1.29 is 18.8 Å². The second kappa shape index (κ2) is 6.89. The molecule has 0 amide bonds. The Kier molecular flexibility index (Phi) is 5.56. The molecule has 2 aliphatic rings. The monoisotopic (exact) mass is 311 g/mol. The van der Waals surface area contributed by atoms with Crippen molar-refractivity contribution in [3.05, 3.63) is 0 Å². The number of rotatable bonds is 5. The lowest BCUT2D eigenvalue weighted by Crippen LogP contribution is -2.47. The highest BCUT2D eigenvalue weighted by atomic mass is 16.7. The van der Waals surface area contributed by atoms with Crippen LogP contribution in [0.3, 0.4) is 0 Å². The van der Waals surface area contributed by atoms with Crippen LogP contribution in [0.5, 0.6) is 0 Å². The van der Waals surface area contributed by atoms with E-state index in [0.29, 0.717) is 5.92 Å². The molecule has 0 radical (unpaired) electrons. The van der Waals surface area contributed by atoms with Crippen molar-refractivity contribution in [2.45, 2.75) is 76.9 Å². The second-order valence-electron chi connectivity index (χ2n) is 7.47. The molecule has 0 aromatic carbocycles. The molecular formula is C16H30BNO4. The van der Waals surface area contributed by atoms with Crippen molar-refractivity contribution in [2.75, 3.05) is 13.7 Å². The summed E-state index contributed by atoms with van der Waals surface area (Å²) in [5.41, 5.74) is -0.531. The van der Waals surface area contributed by atoms with Crippen LogP contribution in [0, 0.1) is 5.92 Å². The van der Waals surface area contributed by atoms with Crippen LogP contribution in [0.2, 0.25) is 6.32 Å². The number of carbonyl (C=O) groups is 1. The van der Waals surface area contributed by atoms with Crippen LogP contribution < -0.4 is 5.32 Å². The standard InChI is InChI=1S/C16H30BNO4/c1-15(2)16(3,4)22-17(21-15)10-6-8-12-9-7-11-18-13(12)14(19)20-5/h12-13,18H,6-11H2,1-5H3. The van der Waals surface area contributed by atoms with Gasteiger partial charge >= 0.3 is 13.1 Å². The zero-order valence-corrected chi connectivity index (χ0v) is 14.6. The van der Waals surface area contributed by atoms with Crippen LogP contribution >= 0.6 is 0 Å². The van der Waals surface area contributed by atoms with E-state index in [1.807, 2.05) is 0 Å². The molecule has 0 saturated carbocycles. The Labute approximate surface area is 134 Å². The zero-order valence-electron chi connectivity index (χ0n) is 14.6. The fourth-order valence-corrected chi connectivity index (χ4v) is 3.30. The normalized spacial score (nSPS) is 30.3. The molecule has 2 rings (SSSR count). The summed E-state index contributed by atoms with van der Waals surface area (Å²) < 4.78 is 16.9. The average Bonchev–Trinajstić information content (AvgIpc) is 2.66. The lowest BCUT2D eigenvalue weighted by Gasteiger charge is -2.32. The van der Waals surface area contributed by atoms with Crippen LogP contribution in [0.25, 0.3) is 0 Å². The fourth-order valence-electron chi connectivity index (χ4n) is 3.30. The molecule has 2 fully saturated rings. The van der Waals surface area contributed by atoms with Gasteiger partial charge in [0.15, 0.2) is 0 Å². The summed E-state index contributed by atoms with van der Waals surface area (Å²) in [5, 5.41) is 3.29. The third kappa shape index (κ3) is 3.84. The Hall–Kier alpha value is -0.585.